The first kappa shape index (κ1) is 9.24. The summed E-state index contributed by atoms with van der Waals surface area (Å²) in [6.07, 6.45) is 1.57. The highest BCUT2D eigenvalue weighted by molar-refractivity contribution is 6.34. The molecule has 0 fully saturated rings. The monoisotopic (exact) mass is 182 g/mol. The van der Waals surface area contributed by atoms with E-state index in [0.29, 0.717) is 0 Å². The maximum Gasteiger partial charge on any atom is 0.309 e. The van der Waals surface area contributed by atoms with Crippen molar-refractivity contribution in [2.24, 2.45) is 0 Å². The van der Waals surface area contributed by atoms with Gasteiger partial charge in [-0.2, -0.15) is 5.10 Å². The number of hydrogen-bond donors (Lipinski definition) is 3. The van der Waals surface area contributed by atoms with Crippen molar-refractivity contribution in [3.8, 4) is 0 Å². The van der Waals surface area contributed by atoms with Gasteiger partial charge >= 0.3 is 11.8 Å². The van der Waals surface area contributed by atoms with Crippen LogP contribution in [0.25, 0.3) is 0 Å². The van der Waals surface area contributed by atoms with E-state index >= 15 is 0 Å². The molecule has 1 rings (SSSR count). The summed E-state index contributed by atoms with van der Waals surface area (Å²) in [4.78, 5) is 21.6. The lowest BCUT2D eigenvalue weighted by atomic mass is 10.4. The van der Waals surface area contributed by atoms with Crippen LogP contribution in [0.5, 0.6) is 0 Å². The SMILES string of the molecule is CNC(=O)C(=O)NCc1ccn[nH]1. The number of nitrogens with one attached hydrogen (secondary N) is 3. The molecule has 1 heterocycles. The second-order valence-corrected chi connectivity index (χ2v) is 2.34. The molecule has 0 atom stereocenters. The second kappa shape index (κ2) is 4.24. The van der Waals surface area contributed by atoms with Gasteiger partial charge in [0.1, 0.15) is 0 Å². The van der Waals surface area contributed by atoms with Gasteiger partial charge in [-0.15, -0.1) is 0 Å². The predicted octanol–water partition coefficient (Wildman–Crippen LogP) is -1.23. The van der Waals surface area contributed by atoms with Crippen LogP contribution >= 0.6 is 0 Å². The Balaban J connectivity index is 2.35. The molecular formula is C7H10N4O2. The average Bonchev–Trinajstić information content (AvgIpc) is 2.65. The van der Waals surface area contributed by atoms with Crippen LogP contribution in [0, 0.1) is 0 Å². The molecule has 3 N–H and O–H groups in total. The number of carbonyl (C=O) groups excluding carboxylic acids is 2. The van der Waals surface area contributed by atoms with Crippen LogP contribution in [0.2, 0.25) is 0 Å². The van der Waals surface area contributed by atoms with Gasteiger partial charge in [0.25, 0.3) is 0 Å². The van der Waals surface area contributed by atoms with Gasteiger partial charge in [-0.3, -0.25) is 14.7 Å². The Morgan fingerprint density at radius 1 is 1.54 bits per heavy atom. The Morgan fingerprint density at radius 2 is 2.31 bits per heavy atom. The van der Waals surface area contributed by atoms with Crippen molar-refractivity contribution in [1.82, 2.24) is 20.8 Å². The number of H-pyrrole nitrogens is 1. The quantitative estimate of drug-likeness (QED) is 0.500. The molecule has 0 saturated heterocycles. The van der Waals surface area contributed by atoms with E-state index in [0.717, 1.165) is 5.69 Å². The molecule has 6 heteroatoms. The first-order chi connectivity index (χ1) is 6.24. The number of amides is 2. The minimum absolute atomic E-state index is 0.270. The first-order valence-electron chi connectivity index (χ1n) is 3.72. The minimum atomic E-state index is -0.655. The van der Waals surface area contributed by atoms with Gasteiger partial charge in [0, 0.05) is 13.2 Å². The maximum atomic E-state index is 10.9. The van der Waals surface area contributed by atoms with E-state index < -0.39 is 11.8 Å². The smallest absolute Gasteiger partial charge is 0.309 e. The molecule has 0 radical (unpaired) electrons. The molecular weight excluding hydrogens is 172 g/mol. The van der Waals surface area contributed by atoms with Gasteiger partial charge in [-0.25, -0.2) is 0 Å². The fourth-order valence-electron chi connectivity index (χ4n) is 0.752. The molecule has 6 nitrogen and oxygen atoms in total. The van der Waals surface area contributed by atoms with Crippen molar-refractivity contribution in [1.29, 1.82) is 0 Å². The Bertz CT molecular complexity index is 293. The summed E-state index contributed by atoms with van der Waals surface area (Å²) in [6.45, 7) is 0.270. The van der Waals surface area contributed by atoms with Crippen LogP contribution in [-0.2, 0) is 16.1 Å². The van der Waals surface area contributed by atoms with Crippen molar-refractivity contribution in [2.75, 3.05) is 7.05 Å². The number of aromatic amines is 1. The Labute approximate surface area is 74.7 Å². The van der Waals surface area contributed by atoms with E-state index in [1.165, 1.54) is 7.05 Å². The predicted molar refractivity (Wildman–Crippen MR) is 44.5 cm³/mol. The lowest BCUT2D eigenvalue weighted by molar-refractivity contribution is -0.139. The van der Waals surface area contributed by atoms with Crippen molar-refractivity contribution < 1.29 is 9.59 Å². The molecule has 0 aromatic carbocycles. The summed E-state index contributed by atoms with van der Waals surface area (Å²) >= 11 is 0. The molecule has 1 aromatic rings. The number of rotatable bonds is 2. The number of likely N-dealkylation sites (N-methyl/N-ethyl adjacent to an activating group) is 1. The van der Waals surface area contributed by atoms with Crippen molar-refractivity contribution in [2.45, 2.75) is 6.54 Å². The summed E-state index contributed by atoms with van der Waals surface area (Å²) in [6, 6.07) is 1.71. The van der Waals surface area contributed by atoms with E-state index in [1.807, 2.05) is 0 Å². The molecule has 0 unspecified atom stereocenters. The molecule has 0 saturated carbocycles. The molecule has 1 aromatic heterocycles. The molecule has 0 bridgehead atoms. The highest BCUT2D eigenvalue weighted by Gasteiger charge is 2.09. The summed E-state index contributed by atoms with van der Waals surface area (Å²) in [5.41, 5.74) is 0.747. The summed E-state index contributed by atoms with van der Waals surface area (Å²) in [5, 5.41) is 11.0. The fourth-order valence-corrected chi connectivity index (χ4v) is 0.752. The minimum Gasteiger partial charge on any atom is -0.351 e. The van der Waals surface area contributed by atoms with Crippen LogP contribution in [0.15, 0.2) is 12.3 Å². The van der Waals surface area contributed by atoms with Gasteiger partial charge in [0.15, 0.2) is 0 Å². The zero-order valence-electron chi connectivity index (χ0n) is 7.13. The third-order valence-corrected chi connectivity index (χ3v) is 1.43. The zero-order chi connectivity index (χ0) is 9.68. The topological polar surface area (TPSA) is 86.9 Å². The van der Waals surface area contributed by atoms with Crippen LogP contribution in [0.1, 0.15) is 5.69 Å². The van der Waals surface area contributed by atoms with E-state index in [-0.39, 0.29) is 6.54 Å². The fraction of sp³-hybridized carbons (Fsp3) is 0.286. The molecule has 0 aliphatic heterocycles. The summed E-state index contributed by atoms with van der Waals surface area (Å²) < 4.78 is 0. The van der Waals surface area contributed by atoms with Crippen molar-refractivity contribution in [3.63, 3.8) is 0 Å². The lowest BCUT2D eigenvalue weighted by Gasteiger charge is -2.00. The van der Waals surface area contributed by atoms with Gasteiger partial charge in [-0.05, 0) is 6.07 Å². The van der Waals surface area contributed by atoms with Crippen molar-refractivity contribution >= 4 is 11.8 Å². The lowest BCUT2D eigenvalue weighted by Crippen LogP contribution is -2.37. The third-order valence-electron chi connectivity index (χ3n) is 1.43. The van der Waals surface area contributed by atoms with Crippen LogP contribution in [-0.4, -0.2) is 29.1 Å². The average molecular weight is 182 g/mol. The van der Waals surface area contributed by atoms with Crippen LogP contribution < -0.4 is 10.6 Å². The summed E-state index contributed by atoms with van der Waals surface area (Å²) in [7, 11) is 1.40. The van der Waals surface area contributed by atoms with E-state index in [1.54, 1.807) is 12.3 Å². The Morgan fingerprint density at radius 3 is 2.85 bits per heavy atom. The maximum absolute atomic E-state index is 10.9. The number of hydrogen-bond acceptors (Lipinski definition) is 3. The molecule has 70 valence electrons. The normalized spacial score (nSPS) is 9.31. The molecule has 2 amide bonds. The molecule has 0 aliphatic rings. The van der Waals surface area contributed by atoms with Crippen LogP contribution in [0.3, 0.4) is 0 Å². The highest BCUT2D eigenvalue weighted by atomic mass is 16.2. The second-order valence-electron chi connectivity index (χ2n) is 2.34. The number of aromatic nitrogens is 2. The van der Waals surface area contributed by atoms with Gasteiger partial charge < -0.3 is 10.6 Å². The molecule has 0 aliphatic carbocycles. The first-order valence-corrected chi connectivity index (χ1v) is 3.72. The van der Waals surface area contributed by atoms with Crippen molar-refractivity contribution in [3.05, 3.63) is 18.0 Å². The third kappa shape index (κ3) is 2.58. The highest BCUT2D eigenvalue weighted by Crippen LogP contribution is 1.88. The van der Waals surface area contributed by atoms with Gasteiger partial charge in [0.2, 0.25) is 0 Å². The Kier molecular flexibility index (Phi) is 3.02. The molecule has 13 heavy (non-hydrogen) atoms. The Hall–Kier alpha value is -1.85. The van der Waals surface area contributed by atoms with Crippen LogP contribution in [0.4, 0.5) is 0 Å². The zero-order valence-corrected chi connectivity index (χ0v) is 7.13. The summed E-state index contributed by atoms with van der Waals surface area (Å²) in [5.74, 6) is -1.31. The van der Waals surface area contributed by atoms with Gasteiger partial charge in [-0.1, -0.05) is 0 Å². The van der Waals surface area contributed by atoms with E-state index in [9.17, 15) is 9.59 Å². The van der Waals surface area contributed by atoms with E-state index in [4.69, 9.17) is 0 Å². The standard InChI is InChI=1S/C7H10N4O2/c1-8-6(12)7(13)9-4-5-2-3-10-11-5/h2-3H,4H2,1H3,(H,8,12)(H,9,13)(H,10,11). The molecule has 0 spiro atoms. The van der Waals surface area contributed by atoms with E-state index in [2.05, 4.69) is 20.8 Å². The number of carbonyl (C=O) groups is 2. The number of nitrogens with zero attached hydrogens (tertiary/aromatic N) is 1. The largest absolute Gasteiger partial charge is 0.351 e. The van der Waals surface area contributed by atoms with Gasteiger partial charge in [0.05, 0.1) is 12.2 Å².